The molecule has 4 rings (SSSR count). The highest BCUT2D eigenvalue weighted by Gasteiger charge is 2.15. The summed E-state index contributed by atoms with van der Waals surface area (Å²) in [5.41, 5.74) is 2.10. The summed E-state index contributed by atoms with van der Waals surface area (Å²) in [5, 5.41) is 4.33. The van der Waals surface area contributed by atoms with Gasteiger partial charge in [-0.05, 0) is 18.2 Å². The van der Waals surface area contributed by atoms with Gasteiger partial charge < -0.3 is 14.8 Å². The number of nitrogens with one attached hydrogen (secondary N) is 2. The van der Waals surface area contributed by atoms with E-state index in [1.165, 1.54) is 16.8 Å². The van der Waals surface area contributed by atoms with E-state index in [0.717, 1.165) is 48.5 Å². The molecule has 1 fully saturated rings. The van der Waals surface area contributed by atoms with Crippen LogP contribution in [0.1, 0.15) is 0 Å². The fourth-order valence-electron chi connectivity index (χ4n) is 3.25. The Morgan fingerprint density at radius 2 is 1.83 bits per heavy atom. The first kappa shape index (κ1) is 14.8. The molecule has 1 aliphatic heterocycles. The number of hydrogen-bond acceptors (Lipinski definition) is 4. The third-order valence-corrected chi connectivity index (χ3v) is 4.53. The fourth-order valence-corrected chi connectivity index (χ4v) is 3.25. The molecule has 0 unspecified atom stereocenters. The SMILES string of the molecule is Cn1ccc2c(-n3ccc(=O)[nH]c3=O)cc(N3CCNCC3)cc21. The number of anilines is 1. The Labute approximate surface area is 138 Å². The zero-order valence-electron chi connectivity index (χ0n) is 13.5. The van der Waals surface area contributed by atoms with E-state index in [0.29, 0.717) is 0 Å². The van der Waals surface area contributed by atoms with Crippen molar-refractivity contribution in [2.75, 3.05) is 31.1 Å². The number of hydrogen-bond donors (Lipinski definition) is 2. The minimum absolute atomic E-state index is 0.390. The zero-order valence-corrected chi connectivity index (χ0v) is 13.5. The van der Waals surface area contributed by atoms with E-state index in [1.54, 1.807) is 0 Å². The lowest BCUT2D eigenvalue weighted by Crippen LogP contribution is -2.43. The van der Waals surface area contributed by atoms with Gasteiger partial charge in [-0.3, -0.25) is 14.3 Å². The van der Waals surface area contributed by atoms with Gasteiger partial charge in [-0.2, -0.15) is 0 Å². The molecular weight excluding hydrogens is 306 g/mol. The summed E-state index contributed by atoms with van der Waals surface area (Å²) in [6, 6.07) is 7.53. The maximum absolute atomic E-state index is 12.3. The minimum Gasteiger partial charge on any atom is -0.369 e. The van der Waals surface area contributed by atoms with E-state index < -0.39 is 5.69 Å². The number of nitrogens with zero attached hydrogens (tertiary/aromatic N) is 3. The Balaban J connectivity index is 1.96. The van der Waals surface area contributed by atoms with Crippen LogP contribution in [0.15, 0.2) is 46.2 Å². The number of aromatic nitrogens is 3. The summed E-state index contributed by atoms with van der Waals surface area (Å²) >= 11 is 0. The molecule has 24 heavy (non-hydrogen) atoms. The maximum atomic E-state index is 12.3. The average molecular weight is 325 g/mol. The van der Waals surface area contributed by atoms with Crippen molar-refractivity contribution in [1.29, 1.82) is 0 Å². The Bertz CT molecular complexity index is 1010. The van der Waals surface area contributed by atoms with Crippen LogP contribution >= 0.6 is 0 Å². The molecule has 2 N–H and O–H groups in total. The highest BCUT2D eigenvalue weighted by Crippen LogP contribution is 2.29. The molecule has 7 nitrogen and oxygen atoms in total. The number of rotatable bonds is 2. The topological polar surface area (TPSA) is 75.1 Å². The molecule has 0 amide bonds. The predicted molar refractivity (Wildman–Crippen MR) is 94.2 cm³/mol. The molecule has 1 aromatic carbocycles. The second kappa shape index (κ2) is 5.68. The van der Waals surface area contributed by atoms with Crippen LogP contribution in [-0.2, 0) is 7.05 Å². The average Bonchev–Trinajstić information content (AvgIpc) is 2.96. The lowest BCUT2D eigenvalue weighted by molar-refractivity contribution is 0.589. The first-order valence-corrected chi connectivity index (χ1v) is 8.00. The second-order valence-corrected chi connectivity index (χ2v) is 6.04. The first-order valence-electron chi connectivity index (χ1n) is 8.00. The molecule has 0 aliphatic carbocycles. The summed E-state index contributed by atoms with van der Waals surface area (Å²) < 4.78 is 3.54. The standard InChI is InChI=1S/C17H19N5O2/c1-20-6-2-13-14(20)10-12(21-8-4-18-5-9-21)11-15(13)22-7-3-16(23)19-17(22)24/h2-3,6-7,10-11,18H,4-5,8-9H2,1H3,(H,19,23,24). The molecular formula is C17H19N5O2. The van der Waals surface area contributed by atoms with Crippen molar-refractivity contribution in [2.45, 2.75) is 0 Å². The quantitative estimate of drug-likeness (QED) is 0.716. The minimum atomic E-state index is -0.426. The van der Waals surface area contributed by atoms with Crippen molar-refractivity contribution in [3.8, 4) is 5.69 Å². The Morgan fingerprint density at radius 3 is 2.58 bits per heavy atom. The Morgan fingerprint density at radius 1 is 1.04 bits per heavy atom. The van der Waals surface area contributed by atoms with Crippen LogP contribution in [0.3, 0.4) is 0 Å². The molecule has 3 heterocycles. The van der Waals surface area contributed by atoms with Gasteiger partial charge in [-0.1, -0.05) is 0 Å². The van der Waals surface area contributed by atoms with E-state index in [9.17, 15) is 9.59 Å². The van der Waals surface area contributed by atoms with Crippen LogP contribution < -0.4 is 21.5 Å². The molecule has 3 aromatic rings. The van der Waals surface area contributed by atoms with Gasteiger partial charge in [0.1, 0.15) is 0 Å². The monoisotopic (exact) mass is 325 g/mol. The number of aryl methyl sites for hydroxylation is 1. The zero-order chi connectivity index (χ0) is 16.7. The van der Waals surface area contributed by atoms with Crippen molar-refractivity contribution in [3.05, 3.63) is 57.5 Å². The van der Waals surface area contributed by atoms with Gasteiger partial charge in [0.15, 0.2) is 0 Å². The van der Waals surface area contributed by atoms with Crippen LogP contribution in [0, 0.1) is 0 Å². The fraction of sp³-hybridized carbons (Fsp3) is 0.294. The van der Waals surface area contributed by atoms with E-state index in [4.69, 9.17) is 0 Å². The van der Waals surface area contributed by atoms with Gasteiger partial charge in [0.25, 0.3) is 5.56 Å². The number of benzene rings is 1. The van der Waals surface area contributed by atoms with Gasteiger partial charge >= 0.3 is 5.69 Å². The first-order chi connectivity index (χ1) is 11.6. The molecule has 2 aromatic heterocycles. The van der Waals surface area contributed by atoms with E-state index in [2.05, 4.69) is 21.3 Å². The summed E-state index contributed by atoms with van der Waals surface area (Å²) in [6.45, 7) is 3.74. The summed E-state index contributed by atoms with van der Waals surface area (Å²) in [6.07, 6.45) is 3.51. The number of piperazine rings is 1. The molecule has 7 heteroatoms. The van der Waals surface area contributed by atoms with Gasteiger partial charge in [0.05, 0.1) is 11.2 Å². The van der Waals surface area contributed by atoms with Crippen LogP contribution in [0.5, 0.6) is 0 Å². The molecule has 124 valence electrons. The van der Waals surface area contributed by atoms with Gasteiger partial charge in [-0.25, -0.2) is 4.79 Å². The summed E-state index contributed by atoms with van der Waals surface area (Å²) in [7, 11) is 1.99. The molecule has 0 radical (unpaired) electrons. The molecule has 1 aliphatic rings. The van der Waals surface area contributed by atoms with Gasteiger partial charge in [0.2, 0.25) is 0 Å². The number of fused-ring (bicyclic) bond motifs is 1. The van der Waals surface area contributed by atoms with Crippen LogP contribution in [0.25, 0.3) is 16.6 Å². The Hall–Kier alpha value is -2.80. The number of aromatic amines is 1. The van der Waals surface area contributed by atoms with Crippen molar-refractivity contribution in [1.82, 2.24) is 19.4 Å². The summed E-state index contributed by atoms with van der Waals surface area (Å²) in [4.78, 5) is 28.3. The highest BCUT2D eigenvalue weighted by molar-refractivity contribution is 5.92. The van der Waals surface area contributed by atoms with Crippen LogP contribution in [0.4, 0.5) is 5.69 Å². The second-order valence-electron chi connectivity index (χ2n) is 6.04. The number of H-pyrrole nitrogens is 1. The third kappa shape index (κ3) is 2.43. The van der Waals surface area contributed by atoms with Crippen molar-refractivity contribution in [3.63, 3.8) is 0 Å². The van der Waals surface area contributed by atoms with Gasteiger partial charge in [0, 0.05) is 62.8 Å². The van der Waals surface area contributed by atoms with Crippen LogP contribution in [0.2, 0.25) is 0 Å². The molecule has 0 atom stereocenters. The lowest BCUT2D eigenvalue weighted by atomic mass is 10.1. The molecule has 0 saturated carbocycles. The van der Waals surface area contributed by atoms with Crippen molar-refractivity contribution in [2.24, 2.45) is 7.05 Å². The molecule has 1 saturated heterocycles. The smallest absolute Gasteiger partial charge is 0.332 e. The molecule has 0 bridgehead atoms. The third-order valence-electron chi connectivity index (χ3n) is 4.53. The predicted octanol–water partition coefficient (Wildman–Crippen LogP) is 0.427. The largest absolute Gasteiger partial charge is 0.369 e. The van der Waals surface area contributed by atoms with E-state index in [1.807, 2.05) is 29.9 Å². The van der Waals surface area contributed by atoms with Crippen LogP contribution in [-0.4, -0.2) is 40.3 Å². The van der Waals surface area contributed by atoms with Gasteiger partial charge in [-0.15, -0.1) is 0 Å². The lowest BCUT2D eigenvalue weighted by Gasteiger charge is -2.30. The summed E-state index contributed by atoms with van der Waals surface area (Å²) in [5.74, 6) is 0. The maximum Gasteiger partial charge on any atom is 0.332 e. The highest BCUT2D eigenvalue weighted by atomic mass is 16.2. The van der Waals surface area contributed by atoms with Crippen molar-refractivity contribution >= 4 is 16.6 Å². The Kier molecular flexibility index (Phi) is 3.50. The molecule has 0 spiro atoms. The van der Waals surface area contributed by atoms with E-state index in [-0.39, 0.29) is 5.56 Å². The van der Waals surface area contributed by atoms with E-state index >= 15 is 0 Å². The normalized spacial score (nSPS) is 15.1. The van der Waals surface area contributed by atoms with Crippen molar-refractivity contribution < 1.29 is 0 Å².